The van der Waals surface area contributed by atoms with Crippen molar-refractivity contribution in [1.29, 1.82) is 0 Å². The van der Waals surface area contributed by atoms with Gasteiger partial charge in [0.1, 0.15) is 0 Å². The molecule has 0 N–H and O–H groups in total. The van der Waals surface area contributed by atoms with E-state index in [1.807, 2.05) is 30.3 Å². The highest BCUT2D eigenvalue weighted by molar-refractivity contribution is 8.00. The zero-order valence-electron chi connectivity index (χ0n) is 12.0. The summed E-state index contributed by atoms with van der Waals surface area (Å²) in [5.74, 6) is 0.399. The van der Waals surface area contributed by atoms with Crippen molar-refractivity contribution >= 4 is 26.4 Å². The van der Waals surface area contributed by atoms with E-state index < -0.39 is 25.6 Å². The Morgan fingerprint density at radius 3 is 2.26 bits per heavy atom. The van der Waals surface area contributed by atoms with Crippen molar-refractivity contribution in [3.63, 3.8) is 0 Å². The number of sulfonamides is 1. The second-order valence-electron chi connectivity index (χ2n) is 4.43. The molecule has 8 heteroatoms. The summed E-state index contributed by atoms with van der Waals surface area (Å²) in [6.07, 6.45) is 1.62. The molecule has 0 radical (unpaired) electrons. The van der Waals surface area contributed by atoms with Crippen LogP contribution in [0, 0.1) is 10.1 Å². The lowest BCUT2D eigenvalue weighted by molar-refractivity contribution is -0.384. The molecule has 0 aliphatic rings. The van der Waals surface area contributed by atoms with Crippen molar-refractivity contribution in [2.45, 2.75) is 9.79 Å². The van der Waals surface area contributed by atoms with Gasteiger partial charge in [-0.1, -0.05) is 24.3 Å². The average Bonchev–Trinajstić information content (AvgIpc) is 2.55. The standard InChI is InChI=1S/C15H14N2O4S2/c1-2-12-22(14-6-4-3-5-7-14)16-23(20,21)15-10-8-13(9-11-15)17(18)19/h2-11H,1,12H2. The molecule has 0 saturated heterocycles. The number of hydrogen-bond donors (Lipinski definition) is 0. The van der Waals surface area contributed by atoms with E-state index in [0.717, 1.165) is 17.0 Å². The van der Waals surface area contributed by atoms with Gasteiger partial charge >= 0.3 is 0 Å². The van der Waals surface area contributed by atoms with Crippen LogP contribution in [0.2, 0.25) is 0 Å². The van der Waals surface area contributed by atoms with Crippen LogP contribution in [0.3, 0.4) is 0 Å². The minimum atomic E-state index is -3.91. The molecule has 0 spiro atoms. The molecule has 0 heterocycles. The smallest absolute Gasteiger partial charge is 0.258 e. The maximum atomic E-state index is 12.4. The first-order valence-corrected chi connectivity index (χ1v) is 9.32. The van der Waals surface area contributed by atoms with Crippen LogP contribution in [0.25, 0.3) is 0 Å². The van der Waals surface area contributed by atoms with Gasteiger partial charge in [0.25, 0.3) is 15.7 Å². The van der Waals surface area contributed by atoms with Crippen molar-refractivity contribution in [3.8, 4) is 0 Å². The molecule has 1 unspecified atom stereocenters. The van der Waals surface area contributed by atoms with E-state index >= 15 is 0 Å². The first-order chi connectivity index (χ1) is 10.9. The van der Waals surface area contributed by atoms with Crippen LogP contribution in [-0.2, 0) is 20.7 Å². The molecule has 2 aromatic carbocycles. The number of benzene rings is 2. The van der Waals surface area contributed by atoms with E-state index in [0.29, 0.717) is 5.75 Å². The number of nitrogens with zero attached hydrogens (tertiary/aromatic N) is 2. The highest BCUT2D eigenvalue weighted by atomic mass is 32.3. The highest BCUT2D eigenvalue weighted by Gasteiger charge is 2.16. The summed E-state index contributed by atoms with van der Waals surface area (Å²) >= 11 is 0. The van der Waals surface area contributed by atoms with Gasteiger partial charge in [-0.25, -0.2) is 0 Å². The minimum absolute atomic E-state index is 0.0689. The molecule has 2 rings (SSSR count). The van der Waals surface area contributed by atoms with Gasteiger partial charge in [0.05, 0.1) is 9.82 Å². The fraction of sp³-hybridized carbons (Fsp3) is 0.0667. The van der Waals surface area contributed by atoms with E-state index in [4.69, 9.17) is 0 Å². The Labute approximate surface area is 136 Å². The van der Waals surface area contributed by atoms with Crippen LogP contribution >= 0.6 is 0 Å². The zero-order valence-corrected chi connectivity index (χ0v) is 13.7. The van der Waals surface area contributed by atoms with E-state index in [-0.39, 0.29) is 10.6 Å². The number of rotatable bonds is 6. The molecule has 6 nitrogen and oxygen atoms in total. The Morgan fingerprint density at radius 1 is 1.13 bits per heavy atom. The Balaban J connectivity index is 2.44. The van der Waals surface area contributed by atoms with E-state index in [1.165, 1.54) is 12.1 Å². The average molecular weight is 350 g/mol. The van der Waals surface area contributed by atoms with E-state index in [9.17, 15) is 18.5 Å². The van der Waals surface area contributed by atoms with Crippen LogP contribution < -0.4 is 0 Å². The lowest BCUT2D eigenvalue weighted by atomic mass is 10.3. The SMILES string of the molecule is C=CC/S(=N\S(=O)(=O)c1ccc([N+](=O)[O-])cc1)c1ccccc1. The predicted octanol–water partition coefficient (Wildman–Crippen LogP) is 3.33. The first kappa shape index (κ1) is 17.0. The lowest BCUT2D eigenvalue weighted by Crippen LogP contribution is -2.03. The number of nitro benzene ring substituents is 1. The number of non-ortho nitro benzene ring substituents is 1. The van der Waals surface area contributed by atoms with Crippen molar-refractivity contribution < 1.29 is 13.3 Å². The maximum Gasteiger partial charge on any atom is 0.288 e. The summed E-state index contributed by atoms with van der Waals surface area (Å²) in [7, 11) is -4.79. The molecule has 0 bridgehead atoms. The van der Waals surface area contributed by atoms with Crippen LogP contribution in [-0.4, -0.2) is 19.1 Å². The molecule has 0 aromatic heterocycles. The Morgan fingerprint density at radius 2 is 1.74 bits per heavy atom. The van der Waals surface area contributed by atoms with Crippen molar-refractivity contribution in [1.82, 2.24) is 0 Å². The summed E-state index contributed by atoms with van der Waals surface area (Å²) in [6, 6.07) is 13.8. The van der Waals surface area contributed by atoms with Gasteiger partial charge in [-0.3, -0.25) is 10.1 Å². The Kier molecular flexibility index (Phi) is 5.41. The molecule has 23 heavy (non-hydrogen) atoms. The fourth-order valence-electron chi connectivity index (χ4n) is 1.76. The molecule has 0 aliphatic carbocycles. The molecule has 120 valence electrons. The molecule has 1 atom stereocenters. The summed E-state index contributed by atoms with van der Waals surface area (Å²) in [5.41, 5.74) is -0.169. The second-order valence-corrected chi connectivity index (χ2v) is 7.99. The van der Waals surface area contributed by atoms with Crippen LogP contribution in [0.4, 0.5) is 5.69 Å². The summed E-state index contributed by atoms with van der Waals surface area (Å²) in [4.78, 5) is 10.8. The van der Waals surface area contributed by atoms with E-state index in [1.54, 1.807) is 6.08 Å². The van der Waals surface area contributed by atoms with Gasteiger partial charge in [-0.05, 0) is 35.0 Å². The van der Waals surface area contributed by atoms with Crippen LogP contribution in [0.15, 0.2) is 80.8 Å². The van der Waals surface area contributed by atoms with Crippen LogP contribution in [0.1, 0.15) is 0 Å². The first-order valence-electron chi connectivity index (χ1n) is 6.53. The third-order valence-electron chi connectivity index (χ3n) is 2.82. The zero-order chi connectivity index (χ0) is 16.9. The third kappa shape index (κ3) is 4.33. The lowest BCUT2D eigenvalue weighted by Gasteiger charge is -2.06. The number of nitro groups is 1. The van der Waals surface area contributed by atoms with Crippen LogP contribution in [0.5, 0.6) is 0 Å². The normalized spacial score (nSPS) is 12.7. The Hall–Kier alpha value is -2.32. The summed E-state index contributed by atoms with van der Waals surface area (Å²) in [5, 5.41) is 10.6. The van der Waals surface area contributed by atoms with Crippen molar-refractivity contribution in [3.05, 3.63) is 77.4 Å². The van der Waals surface area contributed by atoms with Gasteiger partial charge in [-0.15, -0.1) is 10.3 Å². The van der Waals surface area contributed by atoms with Gasteiger partial charge in [0, 0.05) is 22.8 Å². The topological polar surface area (TPSA) is 89.6 Å². The van der Waals surface area contributed by atoms with Gasteiger partial charge in [-0.2, -0.15) is 8.42 Å². The largest absolute Gasteiger partial charge is 0.288 e. The number of hydrogen-bond acceptors (Lipinski definition) is 4. The van der Waals surface area contributed by atoms with Crippen molar-refractivity contribution in [2.24, 2.45) is 3.77 Å². The van der Waals surface area contributed by atoms with E-state index in [2.05, 4.69) is 10.3 Å². The second kappa shape index (κ2) is 7.30. The highest BCUT2D eigenvalue weighted by Crippen LogP contribution is 2.20. The molecule has 0 aliphatic heterocycles. The fourth-order valence-corrected chi connectivity index (χ4v) is 5.01. The predicted molar refractivity (Wildman–Crippen MR) is 89.8 cm³/mol. The molecular formula is C15H14N2O4S2. The van der Waals surface area contributed by atoms with Gasteiger partial charge in [0.2, 0.25) is 0 Å². The van der Waals surface area contributed by atoms with Gasteiger partial charge < -0.3 is 0 Å². The Bertz CT molecular complexity index is 845. The third-order valence-corrected chi connectivity index (χ3v) is 6.56. The summed E-state index contributed by atoms with van der Waals surface area (Å²) in [6.45, 7) is 3.64. The minimum Gasteiger partial charge on any atom is -0.258 e. The quantitative estimate of drug-likeness (QED) is 0.454. The summed E-state index contributed by atoms with van der Waals surface area (Å²) < 4.78 is 28.8. The molecule has 2 aromatic rings. The van der Waals surface area contributed by atoms with Gasteiger partial charge in [0.15, 0.2) is 0 Å². The molecule has 0 saturated carbocycles. The molecular weight excluding hydrogens is 336 g/mol. The monoisotopic (exact) mass is 350 g/mol. The van der Waals surface area contributed by atoms with Crippen molar-refractivity contribution in [2.75, 3.05) is 5.75 Å². The maximum absolute atomic E-state index is 12.4. The molecule has 0 amide bonds. The molecule has 0 fully saturated rings.